The van der Waals surface area contributed by atoms with Gasteiger partial charge in [0, 0.05) is 18.7 Å². The maximum Gasteiger partial charge on any atom is 0.277 e. The van der Waals surface area contributed by atoms with Gasteiger partial charge in [0.15, 0.2) is 0 Å². The molecule has 1 aliphatic heterocycles. The Kier molecular flexibility index (Phi) is 5.36. The molecule has 33 heavy (non-hydrogen) atoms. The van der Waals surface area contributed by atoms with Gasteiger partial charge in [-0.05, 0) is 50.3 Å². The van der Waals surface area contributed by atoms with E-state index >= 15 is 0 Å². The number of amides is 1. The van der Waals surface area contributed by atoms with Crippen LogP contribution in [0, 0.1) is 13.8 Å². The number of carbonyl (C=O) groups is 1. The first kappa shape index (κ1) is 21.2. The van der Waals surface area contributed by atoms with Crippen molar-refractivity contribution in [2.75, 3.05) is 11.1 Å². The Morgan fingerprint density at radius 3 is 2.73 bits per heavy atom. The Hall–Kier alpha value is -3.68. The van der Waals surface area contributed by atoms with Crippen molar-refractivity contribution in [1.29, 1.82) is 0 Å². The summed E-state index contributed by atoms with van der Waals surface area (Å²) in [6.07, 6.45) is 4.31. The zero-order valence-electron chi connectivity index (χ0n) is 18.9. The van der Waals surface area contributed by atoms with E-state index < -0.39 is 6.04 Å². The van der Waals surface area contributed by atoms with Crippen LogP contribution in [-0.4, -0.2) is 20.4 Å². The Morgan fingerprint density at radius 1 is 1.15 bits per heavy atom. The number of fused-ring (bicyclic) bond motifs is 2. The number of hydrogen-bond acceptors (Lipinski definition) is 6. The fourth-order valence-corrected chi connectivity index (χ4v) is 5.04. The van der Waals surface area contributed by atoms with Crippen LogP contribution >= 0.6 is 0 Å². The first-order chi connectivity index (χ1) is 15.9. The van der Waals surface area contributed by atoms with Crippen molar-refractivity contribution in [3.8, 4) is 0 Å². The van der Waals surface area contributed by atoms with Gasteiger partial charge in [-0.15, -0.1) is 0 Å². The largest absolute Gasteiger partial charge is 0.384 e. The summed E-state index contributed by atoms with van der Waals surface area (Å²) in [4.78, 5) is 35.3. The third kappa shape index (κ3) is 4.08. The van der Waals surface area contributed by atoms with Gasteiger partial charge in [-0.3, -0.25) is 14.2 Å². The number of nitrogens with zero attached hydrogens (tertiary/aromatic N) is 3. The molecule has 0 radical (unpaired) electrons. The van der Waals surface area contributed by atoms with Crippen LogP contribution in [0.2, 0.25) is 0 Å². The van der Waals surface area contributed by atoms with Gasteiger partial charge in [-0.1, -0.05) is 35.4 Å². The SMILES string of the molecule is Cc1cc(C)cc(CNc2cnc3n(c2=O)[C@H](C(=O)NC2CCc4nc(N)ccc42)CC3)c1. The minimum absolute atomic E-state index is 0.112. The molecule has 2 aromatic heterocycles. The smallest absolute Gasteiger partial charge is 0.277 e. The minimum Gasteiger partial charge on any atom is -0.384 e. The molecule has 0 fully saturated rings. The lowest BCUT2D eigenvalue weighted by Gasteiger charge is -2.19. The van der Waals surface area contributed by atoms with Crippen LogP contribution in [0.3, 0.4) is 0 Å². The van der Waals surface area contributed by atoms with Gasteiger partial charge >= 0.3 is 0 Å². The van der Waals surface area contributed by atoms with Crippen molar-refractivity contribution in [1.82, 2.24) is 19.9 Å². The number of nitrogen functional groups attached to an aromatic ring is 1. The summed E-state index contributed by atoms with van der Waals surface area (Å²) in [6, 6.07) is 9.32. The number of nitrogens with two attached hydrogens (primary N) is 1. The van der Waals surface area contributed by atoms with Crippen LogP contribution in [0.4, 0.5) is 11.5 Å². The van der Waals surface area contributed by atoms with Crippen molar-refractivity contribution in [2.45, 2.75) is 58.2 Å². The number of nitrogens with one attached hydrogen (secondary N) is 2. The quantitative estimate of drug-likeness (QED) is 0.557. The highest BCUT2D eigenvalue weighted by atomic mass is 16.2. The Morgan fingerprint density at radius 2 is 1.94 bits per heavy atom. The van der Waals surface area contributed by atoms with Crippen LogP contribution in [0.25, 0.3) is 0 Å². The number of benzene rings is 1. The number of pyridine rings is 1. The lowest BCUT2D eigenvalue weighted by Crippen LogP contribution is -2.37. The molecule has 1 aliphatic carbocycles. The maximum absolute atomic E-state index is 13.3. The highest BCUT2D eigenvalue weighted by Gasteiger charge is 2.34. The Bertz CT molecular complexity index is 1280. The molecule has 4 N–H and O–H groups in total. The number of rotatable bonds is 5. The van der Waals surface area contributed by atoms with Crippen LogP contribution in [0.15, 0.2) is 41.3 Å². The number of carbonyl (C=O) groups excluding carboxylic acids is 1. The monoisotopic (exact) mass is 444 g/mol. The first-order valence-corrected chi connectivity index (χ1v) is 11.4. The topological polar surface area (TPSA) is 115 Å². The molecule has 0 saturated heterocycles. The van der Waals surface area contributed by atoms with E-state index in [2.05, 4.69) is 52.6 Å². The molecule has 0 saturated carbocycles. The molecule has 2 atom stereocenters. The zero-order valence-corrected chi connectivity index (χ0v) is 18.9. The van der Waals surface area contributed by atoms with E-state index in [0.717, 1.165) is 29.7 Å². The molecule has 8 nitrogen and oxygen atoms in total. The highest BCUT2D eigenvalue weighted by molar-refractivity contribution is 5.81. The predicted octanol–water partition coefficient (Wildman–Crippen LogP) is 2.74. The van der Waals surface area contributed by atoms with Gasteiger partial charge < -0.3 is 16.4 Å². The van der Waals surface area contributed by atoms with E-state index in [1.165, 1.54) is 11.1 Å². The van der Waals surface area contributed by atoms with Crippen molar-refractivity contribution < 1.29 is 4.79 Å². The average Bonchev–Trinajstić information content (AvgIpc) is 3.37. The van der Waals surface area contributed by atoms with Crippen LogP contribution in [0.5, 0.6) is 0 Å². The highest BCUT2D eigenvalue weighted by Crippen LogP contribution is 2.32. The van der Waals surface area contributed by atoms with E-state index in [9.17, 15) is 9.59 Å². The van der Waals surface area contributed by atoms with Crippen molar-refractivity contribution in [2.24, 2.45) is 0 Å². The Labute approximate surface area is 192 Å². The van der Waals surface area contributed by atoms with Crippen LogP contribution in [0.1, 0.15) is 58.7 Å². The zero-order chi connectivity index (χ0) is 23.1. The van der Waals surface area contributed by atoms with E-state index in [-0.39, 0.29) is 17.5 Å². The second-order valence-electron chi connectivity index (χ2n) is 9.04. The molecular weight excluding hydrogens is 416 g/mol. The van der Waals surface area contributed by atoms with Gasteiger partial charge in [0.2, 0.25) is 5.91 Å². The van der Waals surface area contributed by atoms with Crippen LogP contribution < -0.4 is 21.9 Å². The van der Waals surface area contributed by atoms with Crippen molar-refractivity contribution in [3.05, 3.63) is 80.7 Å². The summed E-state index contributed by atoms with van der Waals surface area (Å²) in [5, 5.41) is 6.34. The predicted molar refractivity (Wildman–Crippen MR) is 127 cm³/mol. The normalized spacial score (nSPS) is 18.6. The molecule has 3 heterocycles. The minimum atomic E-state index is -0.561. The number of aromatic nitrogens is 3. The fraction of sp³-hybridized carbons (Fsp3) is 0.360. The lowest BCUT2D eigenvalue weighted by atomic mass is 10.1. The molecule has 1 amide bonds. The van der Waals surface area contributed by atoms with Gasteiger partial charge in [0.1, 0.15) is 23.4 Å². The molecule has 170 valence electrons. The van der Waals surface area contributed by atoms with E-state index in [0.29, 0.717) is 36.7 Å². The van der Waals surface area contributed by atoms with Gasteiger partial charge in [0.25, 0.3) is 5.56 Å². The molecule has 0 spiro atoms. The third-order valence-corrected chi connectivity index (χ3v) is 6.48. The summed E-state index contributed by atoms with van der Waals surface area (Å²) in [6.45, 7) is 4.63. The van der Waals surface area contributed by atoms with E-state index in [1.807, 2.05) is 6.07 Å². The Balaban J connectivity index is 1.34. The lowest BCUT2D eigenvalue weighted by molar-refractivity contribution is -0.125. The number of anilines is 2. The molecule has 5 rings (SSSR count). The van der Waals surface area contributed by atoms with E-state index in [4.69, 9.17) is 5.73 Å². The number of hydrogen-bond donors (Lipinski definition) is 3. The number of aryl methyl sites for hydroxylation is 4. The van der Waals surface area contributed by atoms with E-state index in [1.54, 1.807) is 16.8 Å². The average molecular weight is 445 g/mol. The van der Waals surface area contributed by atoms with Gasteiger partial charge in [0.05, 0.1) is 12.2 Å². The molecule has 0 bridgehead atoms. The molecule has 8 heteroatoms. The van der Waals surface area contributed by atoms with Crippen molar-refractivity contribution >= 4 is 17.4 Å². The van der Waals surface area contributed by atoms with Gasteiger partial charge in [-0.25, -0.2) is 9.97 Å². The second-order valence-corrected chi connectivity index (χ2v) is 9.04. The molecule has 2 aliphatic rings. The summed E-state index contributed by atoms with van der Waals surface area (Å²) >= 11 is 0. The third-order valence-electron chi connectivity index (χ3n) is 6.48. The summed E-state index contributed by atoms with van der Waals surface area (Å²) in [5.74, 6) is 0.987. The standard InChI is InChI=1S/C25H28N6O2/c1-14-9-15(2)11-16(10-14)12-27-20-13-28-23-8-6-21(31(23)25(20)33)24(32)30-19-5-4-18-17(19)3-7-22(26)29-18/h3,7,9-11,13,19,21,27H,4-6,8,12H2,1-2H3,(H2,26,29)(H,30,32)/t19?,21-/m0/s1. The second kappa shape index (κ2) is 8.35. The molecule has 3 aromatic rings. The van der Waals surface area contributed by atoms with Gasteiger partial charge in [-0.2, -0.15) is 0 Å². The summed E-state index contributed by atoms with van der Waals surface area (Å²) in [5.41, 5.74) is 11.4. The van der Waals surface area contributed by atoms with Crippen LogP contribution in [-0.2, 0) is 24.2 Å². The fourth-order valence-electron chi connectivity index (χ4n) is 5.04. The summed E-state index contributed by atoms with van der Waals surface area (Å²) in [7, 11) is 0. The first-order valence-electron chi connectivity index (χ1n) is 11.4. The molecule has 1 unspecified atom stereocenters. The maximum atomic E-state index is 13.3. The summed E-state index contributed by atoms with van der Waals surface area (Å²) < 4.78 is 1.55. The van der Waals surface area contributed by atoms with Crippen molar-refractivity contribution in [3.63, 3.8) is 0 Å². The molecular formula is C25H28N6O2. The molecule has 1 aromatic carbocycles.